The van der Waals surface area contributed by atoms with E-state index in [4.69, 9.17) is 4.74 Å². The van der Waals surface area contributed by atoms with E-state index in [9.17, 15) is 23.1 Å². The van der Waals surface area contributed by atoms with Crippen LogP contribution in [0.3, 0.4) is 0 Å². The Morgan fingerprint density at radius 1 is 1.13 bits per heavy atom. The van der Waals surface area contributed by atoms with Gasteiger partial charge in [-0.3, -0.25) is 4.79 Å². The Morgan fingerprint density at radius 3 is 2.33 bits per heavy atom. The van der Waals surface area contributed by atoms with E-state index in [1.54, 1.807) is 6.08 Å². The second kappa shape index (κ2) is 7.88. The minimum Gasteiger partial charge on any atom is -0.458 e. The molecule has 1 heterocycles. The van der Waals surface area contributed by atoms with E-state index in [0.29, 0.717) is 6.42 Å². The molecule has 0 unspecified atom stereocenters. The lowest BCUT2D eigenvalue weighted by atomic mass is 9.61. The quantitative estimate of drug-likeness (QED) is 0.615. The van der Waals surface area contributed by atoms with Gasteiger partial charge in [0.05, 0.1) is 18.1 Å². The highest BCUT2D eigenvalue weighted by molar-refractivity contribution is 5.74. The monoisotopic (exact) mass is 422 g/mol. The number of hydrogen-bond acceptors (Lipinski definition) is 3. The lowest BCUT2D eigenvalue weighted by Gasteiger charge is -2.43. The van der Waals surface area contributed by atoms with E-state index in [0.717, 1.165) is 41.7 Å². The largest absolute Gasteiger partial charge is 0.458 e. The van der Waals surface area contributed by atoms with Crippen LogP contribution in [0.4, 0.5) is 13.2 Å². The molecule has 0 radical (unpaired) electrons. The van der Waals surface area contributed by atoms with Gasteiger partial charge in [-0.1, -0.05) is 45.9 Å². The fourth-order valence-electron chi connectivity index (χ4n) is 4.91. The van der Waals surface area contributed by atoms with Crippen molar-refractivity contribution < 1.29 is 27.8 Å². The number of alkyl halides is 3. The van der Waals surface area contributed by atoms with Crippen LogP contribution >= 0.6 is 0 Å². The van der Waals surface area contributed by atoms with Gasteiger partial charge in [0, 0.05) is 6.42 Å². The van der Waals surface area contributed by atoms with Crippen LogP contribution in [0.2, 0.25) is 0 Å². The molecule has 1 saturated heterocycles. The van der Waals surface area contributed by atoms with Crippen LogP contribution in [0.25, 0.3) is 5.57 Å². The summed E-state index contributed by atoms with van der Waals surface area (Å²) in [5.41, 5.74) is 1.91. The Hall–Kier alpha value is -2.08. The van der Waals surface area contributed by atoms with Crippen LogP contribution in [0, 0.1) is 10.8 Å². The SMILES string of the molecule is CC1(C)CC(c2ccc(C(F)(F)F)cc2)=C(C=C[C@H]2C[C@H](O)CC(=O)O2)C(C)(C)C1. The number of benzene rings is 1. The molecule has 3 rings (SSSR count). The normalized spacial score (nSPS) is 26.7. The first-order valence-corrected chi connectivity index (χ1v) is 10.2. The molecule has 0 amide bonds. The van der Waals surface area contributed by atoms with Gasteiger partial charge in [-0.05, 0) is 58.6 Å². The third-order valence-corrected chi connectivity index (χ3v) is 5.86. The first-order chi connectivity index (χ1) is 13.8. The van der Waals surface area contributed by atoms with Crippen LogP contribution in [0.5, 0.6) is 0 Å². The summed E-state index contributed by atoms with van der Waals surface area (Å²) in [5, 5.41) is 9.84. The highest BCUT2D eigenvalue weighted by Crippen LogP contribution is 2.52. The zero-order valence-corrected chi connectivity index (χ0v) is 17.8. The summed E-state index contributed by atoms with van der Waals surface area (Å²) in [5.74, 6) is -0.426. The highest BCUT2D eigenvalue weighted by Gasteiger charge is 2.39. The van der Waals surface area contributed by atoms with Gasteiger partial charge >= 0.3 is 12.1 Å². The molecule has 2 atom stereocenters. The first kappa shape index (κ1) is 22.6. The zero-order valence-electron chi connectivity index (χ0n) is 17.8. The Kier molecular flexibility index (Phi) is 5.93. The molecule has 1 fully saturated rings. The zero-order chi connectivity index (χ0) is 22.3. The predicted molar refractivity (Wildman–Crippen MR) is 109 cm³/mol. The van der Waals surface area contributed by atoms with Crippen LogP contribution in [0.15, 0.2) is 42.0 Å². The number of halogens is 3. The molecule has 1 aromatic carbocycles. The van der Waals surface area contributed by atoms with Gasteiger partial charge in [0.1, 0.15) is 6.10 Å². The van der Waals surface area contributed by atoms with E-state index >= 15 is 0 Å². The van der Waals surface area contributed by atoms with Crippen molar-refractivity contribution in [2.24, 2.45) is 10.8 Å². The molecule has 1 aliphatic heterocycles. The maximum absolute atomic E-state index is 13.0. The standard InChI is InChI=1S/C24H29F3O3/c1-22(2)13-19(15-5-7-16(8-6-15)24(25,26)27)20(23(3,4)14-22)10-9-18-11-17(28)12-21(29)30-18/h5-10,17-18,28H,11-14H2,1-4H3/t17-,18-/m0/s1. The number of rotatable bonds is 3. The molecule has 30 heavy (non-hydrogen) atoms. The fourth-order valence-corrected chi connectivity index (χ4v) is 4.91. The number of carbonyl (C=O) groups is 1. The van der Waals surface area contributed by atoms with Crippen molar-refractivity contribution in [2.45, 2.75) is 71.8 Å². The smallest absolute Gasteiger partial charge is 0.416 e. The van der Waals surface area contributed by atoms with E-state index in [1.165, 1.54) is 12.1 Å². The lowest BCUT2D eigenvalue weighted by Crippen LogP contribution is -2.32. The molecule has 164 valence electrons. The van der Waals surface area contributed by atoms with Gasteiger partial charge in [0.25, 0.3) is 0 Å². The van der Waals surface area contributed by atoms with E-state index in [-0.39, 0.29) is 17.3 Å². The summed E-state index contributed by atoms with van der Waals surface area (Å²) in [7, 11) is 0. The second-order valence-corrected chi connectivity index (χ2v) is 9.85. The van der Waals surface area contributed by atoms with Crippen molar-refractivity contribution in [3.05, 3.63) is 53.1 Å². The number of cyclic esters (lactones) is 1. The molecule has 2 aliphatic rings. The highest BCUT2D eigenvalue weighted by atomic mass is 19.4. The third-order valence-electron chi connectivity index (χ3n) is 5.86. The number of esters is 1. The Bertz CT molecular complexity index is 861. The Balaban J connectivity index is 2.02. The van der Waals surface area contributed by atoms with Crippen molar-refractivity contribution in [3.8, 4) is 0 Å². The number of ether oxygens (including phenoxy) is 1. The Morgan fingerprint density at radius 2 is 1.77 bits per heavy atom. The van der Waals surface area contributed by atoms with Gasteiger partial charge in [-0.2, -0.15) is 13.2 Å². The summed E-state index contributed by atoms with van der Waals surface area (Å²) >= 11 is 0. The average molecular weight is 422 g/mol. The number of aliphatic hydroxyl groups is 1. The van der Waals surface area contributed by atoms with E-state index < -0.39 is 29.9 Å². The minimum atomic E-state index is -4.37. The Labute approximate surface area is 175 Å². The topological polar surface area (TPSA) is 46.5 Å². The summed E-state index contributed by atoms with van der Waals surface area (Å²) in [6, 6.07) is 5.32. The van der Waals surface area contributed by atoms with Crippen LogP contribution in [-0.2, 0) is 15.7 Å². The van der Waals surface area contributed by atoms with Gasteiger partial charge in [-0.25, -0.2) is 0 Å². The molecule has 6 heteroatoms. The first-order valence-electron chi connectivity index (χ1n) is 10.2. The van der Waals surface area contributed by atoms with Gasteiger partial charge < -0.3 is 9.84 Å². The number of hydrogen-bond donors (Lipinski definition) is 1. The maximum atomic E-state index is 13.0. The van der Waals surface area contributed by atoms with Crippen molar-refractivity contribution >= 4 is 11.5 Å². The van der Waals surface area contributed by atoms with Gasteiger partial charge in [0.15, 0.2) is 0 Å². The molecule has 1 aromatic rings. The molecular formula is C24H29F3O3. The predicted octanol–water partition coefficient (Wildman–Crippen LogP) is 5.93. The maximum Gasteiger partial charge on any atom is 0.416 e. The lowest BCUT2D eigenvalue weighted by molar-refractivity contribution is -0.156. The minimum absolute atomic E-state index is 0.00350. The molecular weight excluding hydrogens is 393 g/mol. The van der Waals surface area contributed by atoms with Crippen LogP contribution < -0.4 is 0 Å². The van der Waals surface area contributed by atoms with Crippen LogP contribution in [0.1, 0.15) is 64.5 Å². The molecule has 0 bridgehead atoms. The number of aliphatic hydroxyl groups excluding tert-OH is 1. The van der Waals surface area contributed by atoms with Crippen molar-refractivity contribution in [3.63, 3.8) is 0 Å². The second-order valence-electron chi connectivity index (χ2n) is 9.85. The molecule has 0 saturated carbocycles. The van der Waals surface area contributed by atoms with Crippen LogP contribution in [-0.4, -0.2) is 23.3 Å². The van der Waals surface area contributed by atoms with Gasteiger partial charge in [-0.15, -0.1) is 0 Å². The molecule has 1 aliphatic carbocycles. The summed E-state index contributed by atoms with van der Waals surface area (Å²) in [6.45, 7) is 8.58. The average Bonchev–Trinajstić information content (AvgIpc) is 2.57. The van der Waals surface area contributed by atoms with Crippen molar-refractivity contribution in [2.75, 3.05) is 0 Å². The molecule has 0 aromatic heterocycles. The van der Waals surface area contributed by atoms with Crippen molar-refractivity contribution in [1.29, 1.82) is 0 Å². The molecule has 1 N–H and O–H groups in total. The van der Waals surface area contributed by atoms with E-state index in [2.05, 4.69) is 27.7 Å². The van der Waals surface area contributed by atoms with Gasteiger partial charge in [0.2, 0.25) is 0 Å². The number of carbonyl (C=O) groups excluding carboxylic acids is 1. The molecule has 0 spiro atoms. The fraction of sp³-hybridized carbons (Fsp3) is 0.542. The van der Waals surface area contributed by atoms with Crippen molar-refractivity contribution in [1.82, 2.24) is 0 Å². The third kappa shape index (κ3) is 5.15. The summed E-state index contributed by atoms with van der Waals surface area (Å²) < 4.78 is 44.3. The number of allylic oxidation sites excluding steroid dienone is 3. The summed E-state index contributed by atoms with van der Waals surface area (Å²) in [6.07, 6.45) is 0.118. The molecule has 3 nitrogen and oxygen atoms in total. The van der Waals surface area contributed by atoms with E-state index in [1.807, 2.05) is 6.08 Å². The summed E-state index contributed by atoms with van der Waals surface area (Å²) in [4.78, 5) is 11.6.